The summed E-state index contributed by atoms with van der Waals surface area (Å²) in [5.74, 6) is 0.956. The number of rotatable bonds is 7. The van der Waals surface area contributed by atoms with E-state index in [0.29, 0.717) is 6.42 Å². The van der Waals surface area contributed by atoms with Crippen LogP contribution >= 0.6 is 27.3 Å². The van der Waals surface area contributed by atoms with E-state index in [9.17, 15) is 4.79 Å². The van der Waals surface area contributed by atoms with Crippen LogP contribution in [-0.4, -0.2) is 15.8 Å². The Labute approximate surface area is 132 Å². The van der Waals surface area contributed by atoms with Gasteiger partial charge in [-0.25, -0.2) is 0 Å². The molecule has 20 heavy (non-hydrogen) atoms. The van der Waals surface area contributed by atoms with E-state index in [1.165, 1.54) is 4.88 Å². The number of aromatic nitrogens is 1. The molecule has 0 bridgehead atoms. The van der Waals surface area contributed by atoms with Crippen LogP contribution in [0.25, 0.3) is 10.4 Å². The van der Waals surface area contributed by atoms with Crippen LogP contribution in [0, 0.1) is 0 Å². The summed E-state index contributed by atoms with van der Waals surface area (Å²) in [7, 11) is 1.96. The van der Waals surface area contributed by atoms with Crippen LogP contribution in [0.15, 0.2) is 29.8 Å². The number of hydrogen-bond acceptors (Lipinski definition) is 2. The van der Waals surface area contributed by atoms with Gasteiger partial charge in [-0.1, -0.05) is 28.4 Å². The van der Waals surface area contributed by atoms with Gasteiger partial charge in [-0.2, -0.15) is 0 Å². The van der Waals surface area contributed by atoms with Crippen LogP contribution < -0.4 is 5.32 Å². The zero-order valence-electron chi connectivity index (χ0n) is 11.6. The van der Waals surface area contributed by atoms with Crippen LogP contribution in [-0.2, 0) is 11.8 Å². The number of carbonyl (C=O) groups excluding carboxylic acids is 1. The van der Waals surface area contributed by atoms with E-state index in [2.05, 4.69) is 32.7 Å². The quantitative estimate of drug-likeness (QED) is 0.569. The highest BCUT2D eigenvalue weighted by Gasteiger charge is 2.09. The number of aryl methyl sites for hydroxylation is 1. The van der Waals surface area contributed by atoms with E-state index in [1.54, 1.807) is 11.3 Å². The van der Waals surface area contributed by atoms with Gasteiger partial charge in [0.1, 0.15) is 5.82 Å². The maximum Gasteiger partial charge on any atom is 0.225 e. The summed E-state index contributed by atoms with van der Waals surface area (Å²) < 4.78 is 1.96. The smallest absolute Gasteiger partial charge is 0.225 e. The van der Waals surface area contributed by atoms with Gasteiger partial charge in [-0.15, -0.1) is 11.3 Å². The van der Waals surface area contributed by atoms with Crippen molar-refractivity contribution in [2.45, 2.75) is 25.7 Å². The van der Waals surface area contributed by atoms with Crippen LogP contribution in [0.3, 0.4) is 0 Å². The van der Waals surface area contributed by atoms with Crippen molar-refractivity contribution in [1.29, 1.82) is 0 Å². The molecule has 0 saturated heterocycles. The molecule has 0 spiro atoms. The zero-order chi connectivity index (χ0) is 14.4. The van der Waals surface area contributed by atoms with Gasteiger partial charge in [-0.05, 0) is 30.4 Å². The van der Waals surface area contributed by atoms with Crippen LogP contribution in [0.4, 0.5) is 5.82 Å². The van der Waals surface area contributed by atoms with E-state index in [4.69, 9.17) is 0 Å². The predicted molar refractivity (Wildman–Crippen MR) is 89.6 cm³/mol. The fourth-order valence-corrected chi connectivity index (χ4v) is 3.13. The molecule has 108 valence electrons. The molecule has 0 aliphatic rings. The average Bonchev–Trinajstić information content (AvgIpc) is 3.05. The Morgan fingerprint density at radius 3 is 2.95 bits per heavy atom. The van der Waals surface area contributed by atoms with Crippen molar-refractivity contribution in [3.05, 3.63) is 29.8 Å². The first-order valence-corrected chi connectivity index (χ1v) is 8.77. The lowest BCUT2D eigenvalue weighted by atomic mass is 10.2. The summed E-state index contributed by atoms with van der Waals surface area (Å²) in [5.41, 5.74) is 1.15. The molecule has 0 aliphatic heterocycles. The lowest BCUT2D eigenvalue weighted by Crippen LogP contribution is -2.13. The molecule has 0 aromatic carbocycles. The fourth-order valence-electron chi connectivity index (χ4n) is 2.03. The number of amides is 1. The molecule has 0 radical (unpaired) electrons. The molecule has 2 aromatic rings. The Kier molecular flexibility index (Phi) is 5.86. The van der Waals surface area contributed by atoms with Crippen molar-refractivity contribution in [1.82, 2.24) is 4.57 Å². The molecule has 0 unspecified atom stereocenters. The van der Waals surface area contributed by atoms with Crippen molar-refractivity contribution in [3.63, 3.8) is 0 Å². The van der Waals surface area contributed by atoms with Crippen LogP contribution in [0.1, 0.15) is 25.7 Å². The Bertz CT molecular complexity index is 548. The third-order valence-corrected chi connectivity index (χ3v) is 4.60. The summed E-state index contributed by atoms with van der Waals surface area (Å²) in [6, 6.07) is 6.16. The number of unbranched alkanes of at least 4 members (excludes halogenated alkanes) is 2. The molecule has 0 saturated carbocycles. The Morgan fingerprint density at radius 2 is 2.25 bits per heavy atom. The number of anilines is 1. The molecule has 2 heterocycles. The van der Waals surface area contributed by atoms with Crippen molar-refractivity contribution in [2.24, 2.45) is 7.05 Å². The topological polar surface area (TPSA) is 34.0 Å². The van der Waals surface area contributed by atoms with Gasteiger partial charge < -0.3 is 9.88 Å². The predicted octanol–water partition coefficient (Wildman–Crippen LogP) is 4.65. The monoisotopic (exact) mass is 354 g/mol. The largest absolute Gasteiger partial charge is 0.337 e. The van der Waals surface area contributed by atoms with E-state index < -0.39 is 0 Å². The molecule has 1 N–H and O–H groups in total. The summed E-state index contributed by atoms with van der Waals surface area (Å²) in [5, 5.41) is 6.06. The lowest BCUT2D eigenvalue weighted by molar-refractivity contribution is -0.116. The van der Waals surface area contributed by atoms with E-state index in [1.807, 2.05) is 29.9 Å². The van der Waals surface area contributed by atoms with Crippen LogP contribution in [0.2, 0.25) is 0 Å². The standard InChI is InChI=1S/C15H19BrN2OS/c1-18-11-12(13-6-5-9-20-13)10-14(18)17-15(19)7-3-2-4-8-16/h5-6,9-11H,2-4,7-8H2,1H3,(H,17,19). The molecular formula is C15H19BrN2OS. The number of thiophene rings is 1. The Hall–Kier alpha value is -1.07. The minimum Gasteiger partial charge on any atom is -0.337 e. The maximum atomic E-state index is 11.9. The van der Waals surface area contributed by atoms with Crippen molar-refractivity contribution >= 4 is 39.0 Å². The average molecular weight is 355 g/mol. The van der Waals surface area contributed by atoms with E-state index >= 15 is 0 Å². The van der Waals surface area contributed by atoms with Gasteiger partial charge in [0.05, 0.1) is 0 Å². The minimum absolute atomic E-state index is 0.0958. The second-order valence-electron chi connectivity index (χ2n) is 4.75. The number of halogens is 1. The third-order valence-electron chi connectivity index (χ3n) is 3.12. The molecule has 0 aliphatic carbocycles. The summed E-state index contributed by atoms with van der Waals surface area (Å²) in [6.07, 6.45) is 5.80. The first-order chi connectivity index (χ1) is 9.70. The highest BCUT2D eigenvalue weighted by atomic mass is 79.9. The van der Waals surface area contributed by atoms with Gasteiger partial charge in [0.15, 0.2) is 0 Å². The minimum atomic E-state index is 0.0958. The van der Waals surface area contributed by atoms with E-state index in [0.717, 1.165) is 36.0 Å². The van der Waals surface area contributed by atoms with Gasteiger partial charge in [0, 0.05) is 35.4 Å². The zero-order valence-corrected chi connectivity index (χ0v) is 14.0. The molecular weight excluding hydrogens is 336 g/mol. The first-order valence-electron chi connectivity index (χ1n) is 6.77. The molecule has 5 heteroatoms. The molecule has 3 nitrogen and oxygen atoms in total. The van der Waals surface area contributed by atoms with Gasteiger partial charge in [0.25, 0.3) is 0 Å². The Balaban J connectivity index is 1.91. The molecule has 0 fully saturated rings. The van der Waals surface area contributed by atoms with Gasteiger partial charge >= 0.3 is 0 Å². The first kappa shape index (κ1) is 15.3. The maximum absolute atomic E-state index is 11.9. The van der Waals surface area contributed by atoms with E-state index in [-0.39, 0.29) is 5.91 Å². The SMILES string of the molecule is Cn1cc(-c2cccs2)cc1NC(=O)CCCCCBr. The number of hydrogen-bond donors (Lipinski definition) is 1. The number of nitrogens with one attached hydrogen (secondary N) is 1. The van der Waals surface area contributed by atoms with Crippen molar-refractivity contribution in [2.75, 3.05) is 10.6 Å². The molecule has 2 rings (SSSR count). The third kappa shape index (κ3) is 4.21. The van der Waals surface area contributed by atoms with Crippen molar-refractivity contribution < 1.29 is 4.79 Å². The van der Waals surface area contributed by atoms with Crippen molar-refractivity contribution in [3.8, 4) is 10.4 Å². The lowest BCUT2D eigenvalue weighted by Gasteiger charge is -2.05. The molecule has 0 atom stereocenters. The normalized spacial score (nSPS) is 10.7. The number of carbonyl (C=O) groups is 1. The second-order valence-corrected chi connectivity index (χ2v) is 6.49. The summed E-state index contributed by atoms with van der Waals surface area (Å²) >= 11 is 5.10. The number of alkyl halides is 1. The summed E-state index contributed by atoms with van der Waals surface area (Å²) in [4.78, 5) is 13.1. The molecule has 1 amide bonds. The molecule has 2 aromatic heterocycles. The van der Waals surface area contributed by atoms with Gasteiger partial charge in [0.2, 0.25) is 5.91 Å². The highest BCUT2D eigenvalue weighted by Crippen LogP contribution is 2.28. The summed E-state index contributed by atoms with van der Waals surface area (Å²) in [6.45, 7) is 0. The number of nitrogens with zero attached hydrogens (tertiary/aromatic N) is 1. The van der Waals surface area contributed by atoms with Crippen LogP contribution in [0.5, 0.6) is 0 Å². The van der Waals surface area contributed by atoms with Gasteiger partial charge in [-0.3, -0.25) is 4.79 Å². The second kappa shape index (κ2) is 7.64. The fraction of sp³-hybridized carbons (Fsp3) is 0.400. The highest BCUT2D eigenvalue weighted by molar-refractivity contribution is 9.09. The Morgan fingerprint density at radius 1 is 1.40 bits per heavy atom.